The Morgan fingerprint density at radius 3 is 2.23 bits per heavy atom. The molecule has 0 radical (unpaired) electrons. The first-order valence-electron chi connectivity index (χ1n) is 11.9. The summed E-state index contributed by atoms with van der Waals surface area (Å²) in [6.07, 6.45) is 2.63. The fourth-order valence-corrected chi connectivity index (χ4v) is 4.41. The first kappa shape index (κ1) is 30.4. The second-order valence-electron chi connectivity index (χ2n) is 8.83. The Kier molecular flexibility index (Phi) is 10.1. The minimum atomic E-state index is -0.420. The number of ether oxygens (including phenoxy) is 2. The maximum absolute atomic E-state index is 13.2. The highest BCUT2D eigenvalue weighted by atomic mass is 35.5. The van der Waals surface area contributed by atoms with Gasteiger partial charge in [-0.05, 0) is 23.8 Å². The third-order valence-corrected chi connectivity index (χ3v) is 6.83. The van der Waals surface area contributed by atoms with Crippen LogP contribution in [0.5, 0.6) is 11.5 Å². The zero-order valence-corrected chi connectivity index (χ0v) is 24.3. The summed E-state index contributed by atoms with van der Waals surface area (Å²) >= 11 is 12.9. The summed E-state index contributed by atoms with van der Waals surface area (Å²) in [6.45, 7) is 3.49. The molecule has 40 heavy (non-hydrogen) atoms. The molecule has 0 spiro atoms. The van der Waals surface area contributed by atoms with Gasteiger partial charge in [0.1, 0.15) is 23.6 Å². The van der Waals surface area contributed by atoms with Crippen molar-refractivity contribution in [3.8, 4) is 11.5 Å². The summed E-state index contributed by atoms with van der Waals surface area (Å²) in [7, 11) is 7.77. The van der Waals surface area contributed by atoms with Gasteiger partial charge < -0.3 is 19.7 Å². The van der Waals surface area contributed by atoms with E-state index in [-0.39, 0.29) is 34.7 Å². The normalized spacial score (nSPS) is 10.5. The van der Waals surface area contributed by atoms with Gasteiger partial charge in [0.15, 0.2) is 0 Å². The van der Waals surface area contributed by atoms with Gasteiger partial charge >= 0.3 is 0 Å². The average Bonchev–Trinajstić information content (AvgIpc) is 2.95. The number of hydrogen-bond acceptors (Lipinski definition) is 7. The molecule has 0 atom stereocenters. The lowest BCUT2D eigenvalue weighted by atomic mass is 10.0. The van der Waals surface area contributed by atoms with Crippen molar-refractivity contribution in [2.75, 3.05) is 45.6 Å². The Morgan fingerprint density at radius 2 is 1.65 bits per heavy atom. The quantitative estimate of drug-likeness (QED) is 0.350. The summed E-state index contributed by atoms with van der Waals surface area (Å²) in [6, 6.07) is 8.23. The number of anilines is 2. The van der Waals surface area contributed by atoms with Crippen LogP contribution in [-0.2, 0) is 22.4 Å². The minimum Gasteiger partial charge on any atom is -0.495 e. The SMILES string of the molecule is C=CC(=O)Nc1cc(C(=O)N(C)C)ccc1Cc1cc(N(C)C(=O)Cc2c(Cl)c(OC)cc(OC)c2Cl)ncn1. The molecular weight excluding hydrogens is 557 g/mol. The van der Waals surface area contributed by atoms with Gasteiger partial charge in [-0.15, -0.1) is 0 Å². The number of amides is 3. The lowest BCUT2D eigenvalue weighted by Crippen LogP contribution is -2.29. The van der Waals surface area contributed by atoms with Crippen LogP contribution in [0, 0.1) is 0 Å². The predicted octanol–water partition coefficient (Wildman–Crippen LogP) is 4.42. The van der Waals surface area contributed by atoms with Gasteiger partial charge in [0.25, 0.3) is 5.91 Å². The van der Waals surface area contributed by atoms with Gasteiger partial charge in [-0.1, -0.05) is 35.8 Å². The Morgan fingerprint density at radius 1 is 1.00 bits per heavy atom. The van der Waals surface area contributed by atoms with Crippen LogP contribution in [0.15, 0.2) is 49.3 Å². The number of hydrogen-bond donors (Lipinski definition) is 1. The van der Waals surface area contributed by atoms with Gasteiger partial charge in [0, 0.05) is 56.5 Å². The van der Waals surface area contributed by atoms with Gasteiger partial charge in [-0.25, -0.2) is 9.97 Å². The fraction of sp³-hybridized carbons (Fsp3) is 0.250. The zero-order chi connectivity index (χ0) is 29.6. The third-order valence-electron chi connectivity index (χ3n) is 6.00. The van der Waals surface area contributed by atoms with E-state index in [2.05, 4.69) is 21.9 Å². The molecule has 210 valence electrons. The van der Waals surface area contributed by atoms with Crippen LogP contribution < -0.4 is 19.7 Å². The molecule has 0 aliphatic rings. The van der Waals surface area contributed by atoms with E-state index in [1.54, 1.807) is 51.5 Å². The summed E-state index contributed by atoms with van der Waals surface area (Å²) < 4.78 is 10.6. The van der Waals surface area contributed by atoms with E-state index in [4.69, 9.17) is 32.7 Å². The average molecular weight is 586 g/mol. The highest BCUT2D eigenvalue weighted by Gasteiger charge is 2.22. The third kappa shape index (κ3) is 6.88. The molecule has 0 aliphatic carbocycles. The van der Waals surface area contributed by atoms with Crippen molar-refractivity contribution in [1.29, 1.82) is 0 Å². The lowest BCUT2D eigenvalue weighted by molar-refractivity contribution is -0.117. The Labute approximate surface area is 242 Å². The molecule has 0 fully saturated rings. The van der Waals surface area contributed by atoms with E-state index in [9.17, 15) is 14.4 Å². The standard InChI is InChI=1S/C28H29Cl2N5O5/c1-7-24(36)33-20-11-17(28(38)34(2)3)9-8-16(20)10-18-12-23(32-15-31-18)35(4)25(37)13-19-26(29)21(39-5)14-22(40-6)27(19)30/h7-9,11-12,14-15H,1,10,13H2,2-6H3,(H,33,36). The number of halogens is 2. The monoisotopic (exact) mass is 585 g/mol. The van der Waals surface area contributed by atoms with Crippen LogP contribution in [-0.4, -0.2) is 68.0 Å². The van der Waals surface area contributed by atoms with Crippen molar-refractivity contribution < 1.29 is 23.9 Å². The number of nitrogens with one attached hydrogen (secondary N) is 1. The molecule has 10 nitrogen and oxygen atoms in total. The van der Waals surface area contributed by atoms with Crippen molar-refractivity contribution in [2.24, 2.45) is 0 Å². The zero-order valence-electron chi connectivity index (χ0n) is 22.7. The van der Waals surface area contributed by atoms with E-state index < -0.39 is 5.91 Å². The van der Waals surface area contributed by atoms with E-state index in [1.165, 1.54) is 30.3 Å². The number of benzene rings is 2. The molecule has 0 aliphatic heterocycles. The van der Waals surface area contributed by atoms with E-state index in [0.29, 0.717) is 45.4 Å². The smallest absolute Gasteiger partial charge is 0.253 e. The molecule has 0 saturated heterocycles. The lowest BCUT2D eigenvalue weighted by Gasteiger charge is -2.19. The molecule has 3 amide bonds. The van der Waals surface area contributed by atoms with Gasteiger partial charge in [0.05, 0.1) is 36.4 Å². The molecule has 3 aromatic rings. The summed E-state index contributed by atoms with van der Waals surface area (Å²) in [5.41, 5.74) is 2.49. The number of likely N-dealkylation sites (N-methyl/N-ethyl adjacent to an activating group) is 1. The minimum absolute atomic E-state index is 0.139. The molecule has 0 unspecified atom stereocenters. The molecule has 1 aromatic heterocycles. The molecule has 3 rings (SSSR count). The second-order valence-corrected chi connectivity index (χ2v) is 9.58. The molecule has 0 bridgehead atoms. The number of carbonyl (C=O) groups excluding carboxylic acids is 3. The molecule has 12 heteroatoms. The van der Waals surface area contributed by atoms with Gasteiger partial charge in [-0.2, -0.15) is 0 Å². The van der Waals surface area contributed by atoms with Crippen LogP contribution in [0.2, 0.25) is 10.0 Å². The predicted molar refractivity (Wildman–Crippen MR) is 155 cm³/mol. The highest BCUT2D eigenvalue weighted by molar-refractivity contribution is 6.38. The van der Waals surface area contributed by atoms with Gasteiger partial charge in [0.2, 0.25) is 11.8 Å². The number of carbonyl (C=O) groups is 3. The van der Waals surface area contributed by atoms with Crippen LogP contribution in [0.4, 0.5) is 11.5 Å². The van der Waals surface area contributed by atoms with E-state index >= 15 is 0 Å². The summed E-state index contributed by atoms with van der Waals surface area (Å²) in [5, 5.41) is 3.17. The highest BCUT2D eigenvalue weighted by Crippen LogP contribution is 2.40. The van der Waals surface area contributed by atoms with Crippen LogP contribution in [0.3, 0.4) is 0 Å². The molecular formula is C28H29Cl2N5O5. The molecule has 0 saturated carbocycles. The van der Waals surface area contributed by atoms with E-state index in [1.807, 2.05) is 0 Å². The Bertz CT molecular complexity index is 1430. The number of methoxy groups -OCH3 is 2. The number of rotatable bonds is 10. The number of nitrogens with zero attached hydrogens (tertiary/aromatic N) is 4. The first-order chi connectivity index (χ1) is 19.0. The number of aromatic nitrogens is 2. The van der Waals surface area contributed by atoms with Crippen LogP contribution in [0.25, 0.3) is 0 Å². The maximum Gasteiger partial charge on any atom is 0.253 e. The fourth-order valence-electron chi connectivity index (χ4n) is 3.77. The van der Waals surface area contributed by atoms with Crippen molar-refractivity contribution in [3.05, 3.63) is 81.7 Å². The van der Waals surface area contributed by atoms with Crippen molar-refractivity contribution >= 4 is 52.4 Å². The topological polar surface area (TPSA) is 114 Å². The Balaban J connectivity index is 1.88. The summed E-state index contributed by atoms with van der Waals surface area (Å²) in [4.78, 5) is 49.1. The molecule has 1 heterocycles. The van der Waals surface area contributed by atoms with Crippen molar-refractivity contribution in [2.45, 2.75) is 12.8 Å². The van der Waals surface area contributed by atoms with Gasteiger partial charge in [-0.3, -0.25) is 19.3 Å². The second kappa shape index (κ2) is 13.3. The summed E-state index contributed by atoms with van der Waals surface area (Å²) in [5.74, 6) is 0.0305. The Hall–Kier alpha value is -4.15. The van der Waals surface area contributed by atoms with E-state index in [0.717, 1.165) is 6.08 Å². The largest absolute Gasteiger partial charge is 0.495 e. The molecule has 1 N–H and O–H groups in total. The van der Waals surface area contributed by atoms with Crippen LogP contribution in [0.1, 0.15) is 27.2 Å². The molecule has 2 aromatic carbocycles. The van der Waals surface area contributed by atoms with Crippen LogP contribution >= 0.6 is 23.2 Å². The maximum atomic E-state index is 13.2. The van der Waals surface area contributed by atoms with Crippen molar-refractivity contribution in [3.63, 3.8) is 0 Å². The van der Waals surface area contributed by atoms with Crippen molar-refractivity contribution in [1.82, 2.24) is 14.9 Å². The first-order valence-corrected chi connectivity index (χ1v) is 12.7.